The minimum atomic E-state index is -0.344. The monoisotopic (exact) mass is 689 g/mol. The van der Waals surface area contributed by atoms with Gasteiger partial charge in [-0.15, -0.1) is 11.3 Å². The van der Waals surface area contributed by atoms with Gasteiger partial charge < -0.3 is 15.2 Å². The standard InChI is InChI=1S/C46H35N5S/c1-28-16-20-31(21-17-28)44-48-45(32-22-18-29(2)19-23-32)50-46(49-44)33-24-26-34(27-25-33)51-38-15-9-7-13-36(38)43-41(51)39-40(30-10-4-3-5-11-30)47-37-14-8-6-12-35(37)42(39)52-43/h3-27,40,44,47H,1-2H3,(H,48,49,50)/t40-,44?/m1/s1. The van der Waals surface area contributed by atoms with E-state index < -0.39 is 0 Å². The number of fused-ring (bicyclic) bond motifs is 7. The van der Waals surface area contributed by atoms with Crippen LogP contribution in [0.3, 0.4) is 0 Å². The van der Waals surface area contributed by atoms with Gasteiger partial charge in [-0.3, -0.25) is 0 Å². The van der Waals surface area contributed by atoms with Crippen molar-refractivity contribution in [1.29, 1.82) is 0 Å². The van der Waals surface area contributed by atoms with Crippen molar-refractivity contribution in [2.45, 2.75) is 26.1 Å². The summed E-state index contributed by atoms with van der Waals surface area (Å²) in [5.41, 5.74) is 14.1. The molecule has 6 aromatic carbocycles. The number of anilines is 1. The number of para-hydroxylation sites is 2. The number of rotatable bonds is 5. The first-order valence-electron chi connectivity index (χ1n) is 17.7. The Kier molecular flexibility index (Phi) is 7.18. The van der Waals surface area contributed by atoms with Gasteiger partial charge in [0.05, 0.1) is 21.8 Å². The second-order valence-corrected chi connectivity index (χ2v) is 14.7. The molecule has 4 heterocycles. The van der Waals surface area contributed by atoms with Crippen LogP contribution in [0.1, 0.15) is 51.2 Å². The Morgan fingerprint density at radius 3 is 1.94 bits per heavy atom. The summed E-state index contributed by atoms with van der Waals surface area (Å²) in [6.07, 6.45) is -0.344. The highest BCUT2D eigenvalue weighted by atomic mass is 32.1. The highest BCUT2D eigenvalue weighted by Crippen LogP contribution is 2.53. The largest absolute Gasteiger partial charge is 0.373 e. The van der Waals surface area contributed by atoms with Crippen molar-refractivity contribution in [1.82, 2.24) is 9.88 Å². The van der Waals surface area contributed by atoms with E-state index in [0.717, 1.165) is 34.0 Å². The molecule has 2 atom stereocenters. The van der Waals surface area contributed by atoms with Gasteiger partial charge in [0.15, 0.2) is 6.17 Å². The average molecular weight is 690 g/mol. The number of hydrogen-bond acceptors (Lipinski definition) is 5. The number of nitrogens with one attached hydrogen (secondary N) is 2. The van der Waals surface area contributed by atoms with E-state index in [0.29, 0.717) is 0 Å². The van der Waals surface area contributed by atoms with E-state index in [1.165, 1.54) is 59.5 Å². The summed E-state index contributed by atoms with van der Waals surface area (Å²) in [6, 6.07) is 54.2. The summed E-state index contributed by atoms with van der Waals surface area (Å²) in [7, 11) is 0. The highest BCUT2D eigenvalue weighted by molar-refractivity contribution is 7.23. The van der Waals surface area contributed by atoms with Crippen molar-refractivity contribution < 1.29 is 0 Å². The van der Waals surface area contributed by atoms with Crippen molar-refractivity contribution in [3.05, 3.63) is 191 Å². The van der Waals surface area contributed by atoms with Crippen molar-refractivity contribution >= 4 is 49.8 Å². The van der Waals surface area contributed by atoms with E-state index >= 15 is 0 Å². The molecule has 0 aliphatic carbocycles. The maximum atomic E-state index is 5.16. The second-order valence-electron chi connectivity index (χ2n) is 13.7. The summed E-state index contributed by atoms with van der Waals surface area (Å²) < 4.78 is 3.77. The number of aryl methyl sites for hydroxylation is 2. The Labute approximate surface area is 306 Å². The average Bonchev–Trinajstić information content (AvgIpc) is 3.74. The first kappa shape index (κ1) is 30.6. The lowest BCUT2D eigenvalue weighted by atomic mass is 9.91. The van der Waals surface area contributed by atoms with E-state index in [-0.39, 0.29) is 12.2 Å². The molecule has 52 heavy (non-hydrogen) atoms. The summed E-state index contributed by atoms with van der Waals surface area (Å²) in [6.45, 7) is 4.21. The lowest BCUT2D eigenvalue weighted by molar-refractivity contribution is 0.755. The molecule has 0 saturated carbocycles. The molecule has 2 aliphatic rings. The number of aromatic nitrogens is 1. The third-order valence-corrected chi connectivity index (χ3v) is 11.5. The Morgan fingerprint density at radius 2 is 1.21 bits per heavy atom. The SMILES string of the molecule is Cc1ccc(C2=NC(c3ccc(C)cc3)N=C(c3ccc(-n4c5ccccc5c5sc6c(c54)[C@@H](c4ccccc4)Nc4ccccc4-6)cc3)N2)cc1. The van der Waals surface area contributed by atoms with Crippen LogP contribution in [0.15, 0.2) is 162 Å². The van der Waals surface area contributed by atoms with Crippen LogP contribution in [0.4, 0.5) is 5.69 Å². The number of hydrogen-bond donors (Lipinski definition) is 2. The quantitative estimate of drug-likeness (QED) is 0.189. The summed E-state index contributed by atoms with van der Waals surface area (Å²) in [5, 5.41) is 8.78. The maximum absolute atomic E-state index is 5.16. The van der Waals surface area contributed by atoms with E-state index in [1.807, 2.05) is 11.3 Å². The van der Waals surface area contributed by atoms with Crippen LogP contribution in [0, 0.1) is 13.8 Å². The Hall–Kier alpha value is -6.24. The molecular formula is C46H35N5S. The van der Waals surface area contributed by atoms with Gasteiger partial charge in [0.2, 0.25) is 0 Å². The molecule has 0 bridgehead atoms. The minimum absolute atomic E-state index is 0.0150. The normalized spacial score (nSPS) is 16.4. The van der Waals surface area contributed by atoms with Crippen LogP contribution < -0.4 is 10.6 Å². The summed E-state index contributed by atoms with van der Waals surface area (Å²) >= 11 is 1.91. The Balaban J connectivity index is 1.12. The number of nitrogens with zero attached hydrogens (tertiary/aromatic N) is 3. The molecule has 0 fully saturated rings. The van der Waals surface area contributed by atoms with Gasteiger partial charge in [-0.05, 0) is 61.4 Å². The van der Waals surface area contributed by atoms with Crippen LogP contribution in [0.25, 0.3) is 37.2 Å². The predicted octanol–water partition coefficient (Wildman–Crippen LogP) is 11.1. The molecule has 6 heteroatoms. The lowest BCUT2D eigenvalue weighted by Gasteiger charge is -2.28. The van der Waals surface area contributed by atoms with Crippen LogP contribution in [-0.2, 0) is 0 Å². The molecule has 0 amide bonds. The smallest absolute Gasteiger partial charge is 0.169 e. The Bertz CT molecular complexity index is 2680. The van der Waals surface area contributed by atoms with Crippen LogP contribution >= 0.6 is 11.3 Å². The van der Waals surface area contributed by atoms with Crippen LogP contribution in [0.5, 0.6) is 0 Å². The molecule has 8 aromatic rings. The van der Waals surface area contributed by atoms with Gasteiger partial charge in [-0.25, -0.2) is 9.98 Å². The lowest BCUT2D eigenvalue weighted by Crippen LogP contribution is -2.36. The van der Waals surface area contributed by atoms with Gasteiger partial charge in [-0.2, -0.15) is 0 Å². The zero-order chi connectivity index (χ0) is 34.8. The van der Waals surface area contributed by atoms with Gasteiger partial charge in [0, 0.05) is 43.9 Å². The zero-order valence-corrected chi connectivity index (χ0v) is 29.7. The van der Waals surface area contributed by atoms with Gasteiger partial charge in [-0.1, -0.05) is 126 Å². The number of benzene rings is 6. The third kappa shape index (κ3) is 5.06. The van der Waals surface area contributed by atoms with E-state index in [1.54, 1.807) is 0 Å². The van der Waals surface area contributed by atoms with E-state index in [9.17, 15) is 0 Å². The number of aliphatic imine (C=N–C) groups is 2. The van der Waals surface area contributed by atoms with Crippen molar-refractivity contribution in [3.8, 4) is 16.1 Å². The Morgan fingerprint density at radius 1 is 0.596 bits per heavy atom. The first-order valence-corrected chi connectivity index (χ1v) is 18.5. The number of thiophene rings is 1. The molecule has 5 nitrogen and oxygen atoms in total. The van der Waals surface area contributed by atoms with Crippen molar-refractivity contribution in [2.75, 3.05) is 5.32 Å². The second kappa shape index (κ2) is 12.2. The molecule has 1 unspecified atom stereocenters. The van der Waals surface area contributed by atoms with Gasteiger partial charge in [0.25, 0.3) is 0 Å². The van der Waals surface area contributed by atoms with Crippen molar-refractivity contribution in [2.24, 2.45) is 9.98 Å². The first-order chi connectivity index (χ1) is 25.6. The minimum Gasteiger partial charge on any atom is -0.373 e. The predicted molar refractivity (Wildman–Crippen MR) is 217 cm³/mol. The molecule has 0 saturated heterocycles. The fraction of sp³-hybridized carbons (Fsp3) is 0.0870. The van der Waals surface area contributed by atoms with E-state index in [4.69, 9.17) is 9.98 Å². The number of amidine groups is 2. The molecule has 2 N–H and O–H groups in total. The maximum Gasteiger partial charge on any atom is 0.169 e. The van der Waals surface area contributed by atoms with Crippen molar-refractivity contribution in [3.63, 3.8) is 0 Å². The van der Waals surface area contributed by atoms with Gasteiger partial charge in [0.1, 0.15) is 11.7 Å². The summed E-state index contributed by atoms with van der Waals surface area (Å²) in [5.74, 6) is 1.63. The summed E-state index contributed by atoms with van der Waals surface area (Å²) in [4.78, 5) is 11.6. The molecule has 250 valence electrons. The molecule has 0 spiro atoms. The topological polar surface area (TPSA) is 53.7 Å². The zero-order valence-electron chi connectivity index (χ0n) is 28.8. The van der Waals surface area contributed by atoms with Gasteiger partial charge >= 0.3 is 0 Å². The fourth-order valence-electron chi connectivity index (χ4n) is 7.60. The third-order valence-electron chi connectivity index (χ3n) is 10.3. The molecule has 2 aliphatic heterocycles. The fourth-order valence-corrected chi connectivity index (χ4v) is 9.00. The van der Waals surface area contributed by atoms with Crippen LogP contribution in [0.2, 0.25) is 0 Å². The van der Waals surface area contributed by atoms with E-state index in [2.05, 4.69) is 181 Å². The van der Waals surface area contributed by atoms with Crippen LogP contribution in [-0.4, -0.2) is 16.2 Å². The molecule has 2 aromatic heterocycles. The molecule has 10 rings (SSSR count). The highest BCUT2D eigenvalue weighted by Gasteiger charge is 2.33. The molecular weight excluding hydrogens is 655 g/mol. The molecule has 0 radical (unpaired) electrons.